The van der Waals surface area contributed by atoms with Crippen molar-refractivity contribution in [2.45, 2.75) is 38.5 Å². The van der Waals surface area contributed by atoms with Crippen LogP contribution in [0.4, 0.5) is 0 Å². The number of hydrogen-bond donors (Lipinski definition) is 2. The summed E-state index contributed by atoms with van der Waals surface area (Å²) in [7, 11) is 0. The molecule has 100 valence electrons. The Kier molecular flexibility index (Phi) is 4.48. The minimum absolute atomic E-state index is 0.00284. The smallest absolute Gasteiger partial charge is 0.157 e. The Bertz CT molecular complexity index is 392. The number of rotatable bonds is 5. The van der Waals surface area contributed by atoms with Crippen molar-refractivity contribution in [1.29, 1.82) is 0 Å². The van der Waals surface area contributed by atoms with Crippen LogP contribution in [-0.4, -0.2) is 34.7 Å². The third-order valence-corrected chi connectivity index (χ3v) is 3.82. The molecule has 1 saturated heterocycles. The quantitative estimate of drug-likeness (QED) is 0.622. The first-order valence-corrected chi connectivity index (χ1v) is 6.95. The first kappa shape index (κ1) is 13.2. The summed E-state index contributed by atoms with van der Waals surface area (Å²) in [5.74, 6) is 0.464. The second-order valence-electron chi connectivity index (χ2n) is 5.24. The monoisotopic (exact) mass is 249 g/mol. The summed E-state index contributed by atoms with van der Waals surface area (Å²) < 4.78 is 0. The number of phenolic OH excluding ortho intramolecular Hbond substituents is 2. The summed E-state index contributed by atoms with van der Waals surface area (Å²) in [6.07, 6.45) is 5.00. The van der Waals surface area contributed by atoms with Crippen LogP contribution in [0.15, 0.2) is 18.2 Å². The van der Waals surface area contributed by atoms with Gasteiger partial charge in [-0.25, -0.2) is 0 Å². The first-order valence-electron chi connectivity index (χ1n) is 6.95. The van der Waals surface area contributed by atoms with Gasteiger partial charge in [0.15, 0.2) is 11.5 Å². The topological polar surface area (TPSA) is 43.7 Å². The summed E-state index contributed by atoms with van der Waals surface area (Å²) in [5, 5.41) is 18.9. The van der Waals surface area contributed by atoms with E-state index in [4.69, 9.17) is 0 Å². The van der Waals surface area contributed by atoms with Crippen LogP contribution < -0.4 is 0 Å². The molecule has 0 spiro atoms. The normalized spacial score (nSPS) is 20.4. The molecule has 0 amide bonds. The fraction of sp³-hybridized carbons (Fsp3) is 0.600. The van der Waals surface area contributed by atoms with Crippen LogP contribution in [0.5, 0.6) is 11.5 Å². The highest BCUT2D eigenvalue weighted by molar-refractivity contribution is 5.42. The van der Waals surface area contributed by atoms with E-state index in [0.717, 1.165) is 25.1 Å². The van der Waals surface area contributed by atoms with Gasteiger partial charge in [0.25, 0.3) is 0 Å². The van der Waals surface area contributed by atoms with Crippen molar-refractivity contribution in [3.05, 3.63) is 23.8 Å². The number of benzene rings is 1. The van der Waals surface area contributed by atoms with E-state index in [0.29, 0.717) is 5.92 Å². The van der Waals surface area contributed by atoms with Crippen molar-refractivity contribution in [2.75, 3.05) is 19.6 Å². The van der Waals surface area contributed by atoms with E-state index in [-0.39, 0.29) is 11.5 Å². The minimum atomic E-state index is -0.0310. The lowest BCUT2D eigenvalue weighted by Crippen LogP contribution is -2.21. The van der Waals surface area contributed by atoms with Gasteiger partial charge in [0.2, 0.25) is 0 Å². The molecule has 0 saturated carbocycles. The molecule has 1 aliphatic rings. The zero-order valence-corrected chi connectivity index (χ0v) is 11.1. The molecule has 0 radical (unpaired) electrons. The molecule has 1 aromatic carbocycles. The Morgan fingerprint density at radius 3 is 2.78 bits per heavy atom. The molecule has 1 heterocycles. The Labute approximate surface area is 109 Å². The van der Waals surface area contributed by atoms with Crippen molar-refractivity contribution in [3.63, 3.8) is 0 Å². The lowest BCUT2D eigenvalue weighted by molar-refractivity contribution is 0.325. The van der Waals surface area contributed by atoms with Gasteiger partial charge in [-0.05, 0) is 49.5 Å². The maximum absolute atomic E-state index is 9.54. The molecule has 3 nitrogen and oxygen atoms in total. The van der Waals surface area contributed by atoms with E-state index in [1.165, 1.54) is 25.8 Å². The standard InChI is InChI=1S/C15H23NO2/c1-2-3-4-8-16-9-7-13(11-16)12-5-6-14(17)15(18)10-12/h5-6,10,13,17-18H,2-4,7-9,11H2,1H3/t13-/m1/s1. The summed E-state index contributed by atoms with van der Waals surface area (Å²) in [5.41, 5.74) is 1.14. The van der Waals surface area contributed by atoms with Crippen molar-refractivity contribution in [1.82, 2.24) is 4.90 Å². The maximum Gasteiger partial charge on any atom is 0.157 e. The largest absolute Gasteiger partial charge is 0.504 e. The molecule has 0 aromatic heterocycles. The van der Waals surface area contributed by atoms with Crippen LogP contribution in [0, 0.1) is 0 Å². The van der Waals surface area contributed by atoms with Gasteiger partial charge >= 0.3 is 0 Å². The highest BCUT2D eigenvalue weighted by Gasteiger charge is 2.23. The zero-order chi connectivity index (χ0) is 13.0. The third kappa shape index (κ3) is 3.16. The predicted octanol–water partition coefficient (Wildman–Crippen LogP) is 3.08. The van der Waals surface area contributed by atoms with Gasteiger partial charge in [0, 0.05) is 6.54 Å². The highest BCUT2D eigenvalue weighted by atomic mass is 16.3. The number of likely N-dealkylation sites (tertiary alicyclic amines) is 1. The summed E-state index contributed by atoms with van der Waals surface area (Å²) in [6, 6.07) is 5.22. The highest BCUT2D eigenvalue weighted by Crippen LogP contribution is 2.33. The maximum atomic E-state index is 9.54. The Balaban J connectivity index is 1.89. The van der Waals surface area contributed by atoms with E-state index in [9.17, 15) is 10.2 Å². The molecule has 0 unspecified atom stereocenters. The lowest BCUT2D eigenvalue weighted by atomic mass is 9.98. The Morgan fingerprint density at radius 1 is 1.22 bits per heavy atom. The van der Waals surface area contributed by atoms with Crippen molar-refractivity contribution in [2.24, 2.45) is 0 Å². The van der Waals surface area contributed by atoms with Gasteiger partial charge in [-0.15, -0.1) is 0 Å². The van der Waals surface area contributed by atoms with E-state index in [1.807, 2.05) is 6.07 Å². The second-order valence-corrected chi connectivity index (χ2v) is 5.24. The van der Waals surface area contributed by atoms with Gasteiger partial charge in [0.05, 0.1) is 0 Å². The van der Waals surface area contributed by atoms with Crippen LogP contribution in [0.1, 0.15) is 44.1 Å². The van der Waals surface area contributed by atoms with E-state index >= 15 is 0 Å². The van der Waals surface area contributed by atoms with Gasteiger partial charge in [0.1, 0.15) is 0 Å². The molecular formula is C15H23NO2. The second kappa shape index (κ2) is 6.10. The van der Waals surface area contributed by atoms with Gasteiger partial charge in [-0.1, -0.05) is 25.8 Å². The molecule has 2 rings (SSSR count). The number of nitrogens with zero attached hydrogens (tertiary/aromatic N) is 1. The molecule has 0 bridgehead atoms. The van der Waals surface area contributed by atoms with E-state index in [1.54, 1.807) is 12.1 Å². The van der Waals surface area contributed by atoms with Gasteiger partial charge < -0.3 is 15.1 Å². The summed E-state index contributed by atoms with van der Waals surface area (Å²) >= 11 is 0. The molecule has 1 aliphatic heterocycles. The first-order chi connectivity index (χ1) is 8.70. The van der Waals surface area contributed by atoms with E-state index in [2.05, 4.69) is 11.8 Å². The molecule has 18 heavy (non-hydrogen) atoms. The Morgan fingerprint density at radius 2 is 2.06 bits per heavy atom. The number of aromatic hydroxyl groups is 2. The molecule has 1 atom stereocenters. The molecular weight excluding hydrogens is 226 g/mol. The van der Waals surface area contributed by atoms with Crippen molar-refractivity contribution in [3.8, 4) is 11.5 Å². The molecule has 1 fully saturated rings. The SMILES string of the molecule is CCCCCN1CC[C@@H](c2ccc(O)c(O)c2)C1. The molecule has 2 N–H and O–H groups in total. The number of unbranched alkanes of at least 4 members (excludes halogenated alkanes) is 2. The Hall–Kier alpha value is -1.22. The van der Waals surface area contributed by atoms with Gasteiger partial charge in [-0.2, -0.15) is 0 Å². The number of hydrogen-bond acceptors (Lipinski definition) is 3. The fourth-order valence-corrected chi connectivity index (χ4v) is 2.69. The van der Waals surface area contributed by atoms with Crippen LogP contribution >= 0.6 is 0 Å². The lowest BCUT2D eigenvalue weighted by Gasteiger charge is -2.16. The average Bonchev–Trinajstić information content (AvgIpc) is 2.82. The molecule has 3 heteroatoms. The summed E-state index contributed by atoms with van der Waals surface area (Å²) in [4.78, 5) is 2.50. The minimum Gasteiger partial charge on any atom is -0.504 e. The molecule has 1 aromatic rings. The van der Waals surface area contributed by atoms with Crippen molar-refractivity contribution < 1.29 is 10.2 Å². The third-order valence-electron chi connectivity index (χ3n) is 3.82. The van der Waals surface area contributed by atoms with Crippen LogP contribution in [0.2, 0.25) is 0 Å². The van der Waals surface area contributed by atoms with Gasteiger partial charge in [-0.3, -0.25) is 0 Å². The zero-order valence-electron chi connectivity index (χ0n) is 11.1. The number of phenols is 2. The van der Waals surface area contributed by atoms with Crippen LogP contribution in [0.25, 0.3) is 0 Å². The van der Waals surface area contributed by atoms with Crippen LogP contribution in [0.3, 0.4) is 0 Å². The van der Waals surface area contributed by atoms with Crippen LogP contribution in [-0.2, 0) is 0 Å². The average molecular weight is 249 g/mol. The predicted molar refractivity (Wildman–Crippen MR) is 73.1 cm³/mol. The molecule has 0 aliphatic carbocycles. The summed E-state index contributed by atoms with van der Waals surface area (Å²) in [6.45, 7) is 5.64. The van der Waals surface area contributed by atoms with E-state index < -0.39 is 0 Å². The van der Waals surface area contributed by atoms with Crippen molar-refractivity contribution >= 4 is 0 Å². The fourth-order valence-electron chi connectivity index (χ4n) is 2.69.